The molecular weight excluding hydrogens is 679 g/mol. The molecule has 0 aromatic carbocycles. The zero-order valence-electron chi connectivity index (χ0n) is 34.6. The third-order valence-electron chi connectivity index (χ3n) is 8.52. The summed E-state index contributed by atoms with van der Waals surface area (Å²) in [6, 6.07) is -0.741. The summed E-state index contributed by atoms with van der Waals surface area (Å²) < 4.78 is 17.0. The van der Waals surface area contributed by atoms with Crippen molar-refractivity contribution in [3.05, 3.63) is 85.1 Å². The fraction of sp³-hybridized carbons (Fsp3) is 0.630. The van der Waals surface area contributed by atoms with E-state index in [4.69, 9.17) is 14.2 Å². The maximum atomic E-state index is 12.7. The van der Waals surface area contributed by atoms with E-state index in [1.807, 2.05) is 0 Å². The molecule has 54 heavy (non-hydrogen) atoms. The molecular formula is C46H75NO7. The quantitative estimate of drug-likeness (QED) is 0.0275. The van der Waals surface area contributed by atoms with E-state index in [9.17, 15) is 19.5 Å². The van der Waals surface area contributed by atoms with E-state index >= 15 is 0 Å². The van der Waals surface area contributed by atoms with Crippen molar-refractivity contribution in [1.29, 1.82) is 0 Å². The highest BCUT2D eigenvalue weighted by Gasteiger charge is 2.25. The van der Waals surface area contributed by atoms with E-state index in [0.29, 0.717) is 12.8 Å². The zero-order chi connectivity index (χ0) is 40.0. The summed E-state index contributed by atoms with van der Waals surface area (Å²) in [5.41, 5.74) is 0. The maximum absolute atomic E-state index is 12.7. The molecule has 0 fully saturated rings. The van der Waals surface area contributed by atoms with Crippen LogP contribution in [0, 0.1) is 0 Å². The van der Waals surface area contributed by atoms with Crippen LogP contribution in [0.15, 0.2) is 85.1 Å². The second-order valence-corrected chi connectivity index (χ2v) is 14.5. The molecule has 0 rings (SSSR count). The van der Waals surface area contributed by atoms with Gasteiger partial charge < -0.3 is 28.6 Å². The van der Waals surface area contributed by atoms with Crippen molar-refractivity contribution in [1.82, 2.24) is 0 Å². The first-order valence-electron chi connectivity index (χ1n) is 20.6. The Kier molecular flexibility index (Phi) is 34.1. The van der Waals surface area contributed by atoms with E-state index in [-0.39, 0.29) is 49.1 Å². The molecule has 0 N–H and O–H groups in total. The van der Waals surface area contributed by atoms with Gasteiger partial charge in [-0.3, -0.25) is 9.59 Å². The molecule has 0 bridgehead atoms. The molecule has 0 aliphatic heterocycles. The SMILES string of the molecule is CC/C=C/C/C=C/C/C=C/C/C=C/C/C=C/C/C=C/CCCC(=O)OC(COCCC(C(=O)[O-])[N+](C)(C)C)COC(=O)CCCCCC/C=C/CCCC. The lowest BCUT2D eigenvalue weighted by molar-refractivity contribution is -0.889. The fourth-order valence-corrected chi connectivity index (χ4v) is 5.30. The average Bonchev–Trinajstić information content (AvgIpc) is 3.12. The number of quaternary nitrogens is 1. The highest BCUT2D eigenvalue weighted by Crippen LogP contribution is 2.11. The van der Waals surface area contributed by atoms with Gasteiger partial charge in [0.25, 0.3) is 0 Å². The number of carboxylic acids is 1. The minimum Gasteiger partial charge on any atom is -0.544 e. The molecule has 0 aromatic heterocycles. The second kappa shape index (κ2) is 36.5. The molecule has 0 aliphatic carbocycles. The molecule has 0 aliphatic rings. The molecule has 2 atom stereocenters. The number of nitrogens with zero attached hydrogens (tertiary/aromatic N) is 1. The lowest BCUT2D eigenvalue weighted by atomic mass is 10.1. The number of carboxylic acid groups (broad SMARTS) is 1. The number of allylic oxidation sites excluding steroid dienone is 14. The summed E-state index contributed by atoms with van der Waals surface area (Å²) in [6.45, 7) is 4.40. The molecule has 0 spiro atoms. The van der Waals surface area contributed by atoms with E-state index in [2.05, 4.69) is 98.9 Å². The number of hydrogen-bond acceptors (Lipinski definition) is 7. The minimum atomic E-state index is -1.14. The van der Waals surface area contributed by atoms with Crippen molar-refractivity contribution >= 4 is 17.9 Å². The number of carbonyl (C=O) groups excluding carboxylic acids is 3. The van der Waals surface area contributed by atoms with Gasteiger partial charge in [-0.2, -0.15) is 0 Å². The Balaban J connectivity index is 4.50. The van der Waals surface area contributed by atoms with Gasteiger partial charge in [0.1, 0.15) is 12.6 Å². The van der Waals surface area contributed by atoms with Gasteiger partial charge in [-0.25, -0.2) is 0 Å². The molecule has 0 aromatic rings. The molecule has 8 nitrogen and oxygen atoms in total. The molecule has 0 saturated carbocycles. The minimum absolute atomic E-state index is 0.00878. The third kappa shape index (κ3) is 34.3. The predicted molar refractivity (Wildman–Crippen MR) is 222 cm³/mol. The Hall–Kier alpha value is -3.49. The van der Waals surface area contributed by atoms with Gasteiger partial charge in [-0.1, -0.05) is 125 Å². The van der Waals surface area contributed by atoms with Crippen molar-refractivity contribution < 1.29 is 38.2 Å². The van der Waals surface area contributed by atoms with Crippen molar-refractivity contribution in [2.24, 2.45) is 0 Å². The third-order valence-corrected chi connectivity index (χ3v) is 8.52. The van der Waals surface area contributed by atoms with E-state index in [1.54, 1.807) is 21.1 Å². The van der Waals surface area contributed by atoms with Gasteiger partial charge in [0, 0.05) is 19.3 Å². The standard InChI is InChI=1S/C46H75NO7/c1-6-8-10-12-14-16-18-19-20-21-22-23-24-25-26-27-29-31-33-35-37-45(49)54-42(40-52-39-38-43(46(50)51)47(3,4)5)41-53-44(48)36-34-32-30-28-17-15-13-11-9-7-2/h8,10,13-16,19-20,22-23,25-26,29,31,42-43H,6-7,9,11-12,17-18,21,24,27-28,30,32-41H2,1-5H3/b10-8+,15-13+,16-14+,20-19+,23-22+,26-25+,31-29+. The van der Waals surface area contributed by atoms with Crippen LogP contribution in [0.4, 0.5) is 0 Å². The lowest BCUT2D eigenvalue weighted by Gasteiger charge is -2.34. The van der Waals surface area contributed by atoms with E-state index in [1.165, 1.54) is 12.8 Å². The van der Waals surface area contributed by atoms with Crippen molar-refractivity contribution in [3.8, 4) is 0 Å². The Labute approximate surface area is 329 Å². The molecule has 0 saturated heterocycles. The molecule has 0 heterocycles. The van der Waals surface area contributed by atoms with Gasteiger partial charge in [-0.05, 0) is 77.0 Å². The molecule has 2 unspecified atom stereocenters. The van der Waals surface area contributed by atoms with Gasteiger partial charge in [0.2, 0.25) is 0 Å². The van der Waals surface area contributed by atoms with Crippen LogP contribution in [0.1, 0.15) is 136 Å². The first-order chi connectivity index (χ1) is 26.1. The first-order valence-corrected chi connectivity index (χ1v) is 20.6. The Bertz CT molecular complexity index is 1160. The van der Waals surface area contributed by atoms with E-state index in [0.717, 1.165) is 83.5 Å². The van der Waals surface area contributed by atoms with Crippen LogP contribution in [0.3, 0.4) is 0 Å². The fourth-order valence-electron chi connectivity index (χ4n) is 5.30. The smallest absolute Gasteiger partial charge is 0.306 e. The molecule has 0 amide bonds. The Morgan fingerprint density at radius 1 is 0.574 bits per heavy atom. The summed E-state index contributed by atoms with van der Waals surface area (Å²) >= 11 is 0. The monoisotopic (exact) mass is 754 g/mol. The van der Waals surface area contributed by atoms with Crippen LogP contribution in [0.25, 0.3) is 0 Å². The highest BCUT2D eigenvalue weighted by atomic mass is 16.6. The van der Waals surface area contributed by atoms with Crippen molar-refractivity contribution in [3.63, 3.8) is 0 Å². The number of rotatable bonds is 35. The van der Waals surface area contributed by atoms with Crippen molar-refractivity contribution in [2.75, 3.05) is 41.0 Å². The summed E-state index contributed by atoms with van der Waals surface area (Å²) in [4.78, 5) is 36.7. The van der Waals surface area contributed by atoms with Gasteiger partial charge in [0.05, 0.1) is 40.3 Å². The van der Waals surface area contributed by atoms with Gasteiger partial charge in [0.15, 0.2) is 6.10 Å². The predicted octanol–water partition coefficient (Wildman–Crippen LogP) is 9.63. The normalized spacial score (nSPS) is 13.9. The zero-order valence-corrected chi connectivity index (χ0v) is 34.6. The van der Waals surface area contributed by atoms with Crippen molar-refractivity contribution in [2.45, 2.75) is 148 Å². The highest BCUT2D eigenvalue weighted by molar-refractivity contribution is 5.70. The number of esters is 2. The summed E-state index contributed by atoms with van der Waals surface area (Å²) in [5.74, 6) is -1.85. The lowest BCUT2D eigenvalue weighted by Crippen LogP contribution is -2.55. The summed E-state index contributed by atoms with van der Waals surface area (Å²) in [7, 11) is 5.36. The van der Waals surface area contributed by atoms with Gasteiger partial charge >= 0.3 is 11.9 Å². The maximum Gasteiger partial charge on any atom is 0.306 e. The van der Waals surface area contributed by atoms with Crippen LogP contribution < -0.4 is 5.11 Å². The van der Waals surface area contributed by atoms with Crippen LogP contribution in [-0.4, -0.2) is 75.5 Å². The number of carbonyl (C=O) groups is 3. The van der Waals surface area contributed by atoms with E-state index < -0.39 is 18.1 Å². The number of hydrogen-bond donors (Lipinski definition) is 0. The average molecular weight is 754 g/mol. The first kappa shape index (κ1) is 50.5. The van der Waals surface area contributed by atoms with Crippen LogP contribution in [0.5, 0.6) is 0 Å². The van der Waals surface area contributed by atoms with Crippen LogP contribution >= 0.6 is 0 Å². The number of aliphatic carboxylic acids is 1. The Morgan fingerprint density at radius 2 is 1.06 bits per heavy atom. The van der Waals surface area contributed by atoms with Crippen LogP contribution in [-0.2, 0) is 28.6 Å². The number of likely N-dealkylation sites (N-methyl/N-ethyl adjacent to an activating group) is 1. The topological polar surface area (TPSA) is 102 Å². The summed E-state index contributed by atoms with van der Waals surface area (Å²) in [5, 5.41) is 11.6. The molecule has 0 radical (unpaired) electrons. The van der Waals surface area contributed by atoms with Gasteiger partial charge in [-0.15, -0.1) is 0 Å². The molecule has 306 valence electrons. The van der Waals surface area contributed by atoms with Crippen LogP contribution in [0.2, 0.25) is 0 Å². The second-order valence-electron chi connectivity index (χ2n) is 14.5. The Morgan fingerprint density at radius 3 is 1.59 bits per heavy atom. The number of ether oxygens (including phenoxy) is 3. The largest absolute Gasteiger partial charge is 0.544 e. The molecule has 8 heteroatoms. The number of unbranched alkanes of at least 4 members (excludes halogenated alkanes) is 7. The summed E-state index contributed by atoms with van der Waals surface area (Å²) in [6.07, 6.45) is 46.2.